The Kier molecular flexibility index (Phi) is 4.75. The molecule has 0 N–H and O–H groups in total. The van der Waals surface area contributed by atoms with Crippen molar-refractivity contribution in [3.63, 3.8) is 0 Å². The van der Waals surface area contributed by atoms with Gasteiger partial charge in [-0.15, -0.1) is 0 Å². The molecule has 0 unspecified atom stereocenters. The summed E-state index contributed by atoms with van der Waals surface area (Å²) in [7, 11) is -4.15. The number of hydrogen-bond donors (Lipinski definition) is 0. The average Bonchev–Trinajstić information content (AvgIpc) is 2.80. The maximum absolute atomic E-state index is 13.0. The fourth-order valence-electron chi connectivity index (χ4n) is 3.65. The molecule has 0 bridgehead atoms. The summed E-state index contributed by atoms with van der Waals surface area (Å²) in [6.07, 6.45) is 2.99. The van der Waals surface area contributed by atoms with Crippen LogP contribution in [-0.4, -0.2) is 13.4 Å². The second-order valence-electron chi connectivity index (χ2n) is 7.32. The molecule has 5 rings (SSSR count). The van der Waals surface area contributed by atoms with Gasteiger partial charge >= 0.3 is 10.1 Å². The molecule has 158 valence electrons. The third-order valence-corrected chi connectivity index (χ3v) is 6.54. The van der Waals surface area contributed by atoms with Gasteiger partial charge in [-0.1, -0.05) is 36.4 Å². The zero-order valence-corrected chi connectivity index (χ0v) is 17.8. The van der Waals surface area contributed by atoms with Crippen molar-refractivity contribution in [1.82, 2.24) is 4.98 Å². The Morgan fingerprint density at radius 3 is 2.53 bits per heavy atom. The topological polar surface area (TPSA) is 86.5 Å². The third-order valence-electron chi connectivity index (χ3n) is 5.24. The van der Waals surface area contributed by atoms with Crippen molar-refractivity contribution in [3.05, 3.63) is 101 Å². The Bertz CT molecular complexity index is 1640. The van der Waals surface area contributed by atoms with Crippen molar-refractivity contribution in [3.8, 4) is 16.9 Å². The van der Waals surface area contributed by atoms with Gasteiger partial charge in [0.15, 0.2) is 5.43 Å². The van der Waals surface area contributed by atoms with Gasteiger partial charge < -0.3 is 8.60 Å². The standard InChI is InChI=1S/C25H17NO5S/c1-16-9-12-23(20-8-5-13-26-24(16)20)32(28,29)31-18-10-11-19-22(14-18)30-15-21(25(19)27)17-6-3-2-4-7-17/h2-15H,1H3. The van der Waals surface area contributed by atoms with E-state index >= 15 is 0 Å². The molecule has 0 aliphatic heterocycles. The lowest BCUT2D eigenvalue weighted by Gasteiger charge is -2.11. The lowest BCUT2D eigenvalue weighted by Crippen LogP contribution is -2.11. The molecule has 2 heterocycles. The summed E-state index contributed by atoms with van der Waals surface area (Å²) < 4.78 is 37.1. The number of rotatable bonds is 4. The fraction of sp³-hybridized carbons (Fsp3) is 0.0400. The van der Waals surface area contributed by atoms with Crippen LogP contribution in [0.3, 0.4) is 0 Å². The lowest BCUT2D eigenvalue weighted by atomic mass is 10.1. The summed E-state index contributed by atoms with van der Waals surface area (Å²) in [5.41, 5.74) is 2.65. The molecule has 32 heavy (non-hydrogen) atoms. The number of aryl methyl sites for hydroxylation is 1. The maximum atomic E-state index is 13.0. The SMILES string of the molecule is Cc1ccc(S(=O)(=O)Oc2ccc3c(=O)c(-c4ccccc4)coc3c2)c2cccnc12. The molecule has 0 saturated heterocycles. The number of pyridine rings is 1. The molecular weight excluding hydrogens is 426 g/mol. The van der Waals surface area contributed by atoms with Crippen LogP contribution in [0.2, 0.25) is 0 Å². The highest BCUT2D eigenvalue weighted by molar-refractivity contribution is 7.87. The molecule has 0 radical (unpaired) electrons. The van der Waals surface area contributed by atoms with Gasteiger partial charge in [-0.25, -0.2) is 0 Å². The lowest BCUT2D eigenvalue weighted by molar-refractivity contribution is 0.486. The molecule has 0 atom stereocenters. The highest BCUT2D eigenvalue weighted by atomic mass is 32.2. The minimum absolute atomic E-state index is 0.0205. The van der Waals surface area contributed by atoms with Gasteiger partial charge in [0.25, 0.3) is 0 Å². The van der Waals surface area contributed by atoms with E-state index in [1.165, 1.54) is 30.5 Å². The molecule has 6 nitrogen and oxygen atoms in total. The first-order valence-corrected chi connectivity index (χ1v) is 11.2. The molecule has 0 aliphatic carbocycles. The van der Waals surface area contributed by atoms with E-state index < -0.39 is 10.1 Å². The van der Waals surface area contributed by atoms with Crippen molar-refractivity contribution >= 4 is 32.0 Å². The second-order valence-corrected chi connectivity index (χ2v) is 8.83. The van der Waals surface area contributed by atoms with Crippen molar-refractivity contribution in [2.24, 2.45) is 0 Å². The molecule has 0 aliphatic rings. The quantitative estimate of drug-likeness (QED) is 0.360. The van der Waals surface area contributed by atoms with Crippen LogP contribution in [0.25, 0.3) is 33.0 Å². The fourth-order valence-corrected chi connectivity index (χ4v) is 4.77. The Balaban J connectivity index is 1.55. The van der Waals surface area contributed by atoms with Crippen LogP contribution in [0, 0.1) is 6.92 Å². The van der Waals surface area contributed by atoms with Gasteiger partial charge in [-0.05, 0) is 48.4 Å². The maximum Gasteiger partial charge on any atom is 0.339 e. The van der Waals surface area contributed by atoms with Crippen LogP contribution in [0.15, 0.2) is 99.4 Å². The number of hydrogen-bond acceptors (Lipinski definition) is 6. The number of fused-ring (bicyclic) bond motifs is 2. The van der Waals surface area contributed by atoms with Crippen molar-refractivity contribution < 1.29 is 17.0 Å². The van der Waals surface area contributed by atoms with Gasteiger partial charge in [-0.3, -0.25) is 9.78 Å². The first-order chi connectivity index (χ1) is 15.4. The van der Waals surface area contributed by atoms with E-state index in [4.69, 9.17) is 8.60 Å². The Morgan fingerprint density at radius 1 is 0.906 bits per heavy atom. The monoisotopic (exact) mass is 443 g/mol. The molecule has 0 spiro atoms. The zero-order valence-electron chi connectivity index (χ0n) is 17.0. The molecule has 5 aromatic rings. The minimum atomic E-state index is -4.15. The largest absolute Gasteiger partial charge is 0.463 e. The Labute approximate surface area is 183 Å². The van der Waals surface area contributed by atoms with E-state index in [1.54, 1.807) is 24.4 Å². The van der Waals surface area contributed by atoms with E-state index in [0.29, 0.717) is 21.9 Å². The van der Waals surface area contributed by atoms with E-state index in [9.17, 15) is 13.2 Å². The van der Waals surface area contributed by atoms with Gasteiger partial charge in [0, 0.05) is 17.6 Å². The normalized spacial score (nSPS) is 11.7. The van der Waals surface area contributed by atoms with Crippen LogP contribution in [0.5, 0.6) is 5.75 Å². The van der Waals surface area contributed by atoms with Crippen molar-refractivity contribution in [1.29, 1.82) is 0 Å². The van der Waals surface area contributed by atoms with Gasteiger partial charge in [-0.2, -0.15) is 8.42 Å². The summed E-state index contributed by atoms with van der Waals surface area (Å²) in [4.78, 5) is 17.2. The Morgan fingerprint density at radius 2 is 1.72 bits per heavy atom. The van der Waals surface area contributed by atoms with Crippen molar-refractivity contribution in [2.45, 2.75) is 11.8 Å². The molecule has 3 aromatic carbocycles. The minimum Gasteiger partial charge on any atom is -0.463 e. The van der Waals surface area contributed by atoms with Gasteiger partial charge in [0.1, 0.15) is 22.5 Å². The van der Waals surface area contributed by atoms with E-state index in [1.807, 2.05) is 37.3 Å². The summed E-state index contributed by atoms with van der Waals surface area (Å²) in [6.45, 7) is 1.86. The summed E-state index contributed by atoms with van der Waals surface area (Å²) in [6, 6.07) is 20.1. The van der Waals surface area contributed by atoms with E-state index in [2.05, 4.69) is 4.98 Å². The Hall–Kier alpha value is -3.97. The predicted octanol–water partition coefficient (Wildman–Crippen LogP) is 5.08. The summed E-state index contributed by atoms with van der Waals surface area (Å²) >= 11 is 0. The van der Waals surface area contributed by atoms with Crippen LogP contribution in [-0.2, 0) is 10.1 Å². The van der Waals surface area contributed by atoms with Crippen LogP contribution < -0.4 is 9.61 Å². The number of nitrogens with zero attached hydrogens (tertiary/aromatic N) is 1. The van der Waals surface area contributed by atoms with Crippen LogP contribution in [0.1, 0.15) is 5.56 Å². The zero-order chi connectivity index (χ0) is 22.3. The predicted molar refractivity (Wildman–Crippen MR) is 122 cm³/mol. The highest BCUT2D eigenvalue weighted by Crippen LogP contribution is 2.29. The highest BCUT2D eigenvalue weighted by Gasteiger charge is 2.21. The first kappa shape index (κ1) is 20.0. The first-order valence-electron chi connectivity index (χ1n) is 9.84. The summed E-state index contributed by atoms with van der Waals surface area (Å²) in [5.74, 6) is 0.0470. The molecular formula is C25H17NO5S. The van der Waals surface area contributed by atoms with Gasteiger partial charge in [0.2, 0.25) is 0 Å². The average molecular weight is 443 g/mol. The molecule has 0 saturated carbocycles. The van der Waals surface area contributed by atoms with Crippen LogP contribution in [0.4, 0.5) is 0 Å². The number of benzene rings is 3. The molecule has 0 amide bonds. The third kappa shape index (κ3) is 3.42. The summed E-state index contributed by atoms with van der Waals surface area (Å²) in [5, 5.41) is 0.813. The molecule has 7 heteroatoms. The second kappa shape index (κ2) is 7.62. The number of aromatic nitrogens is 1. The van der Waals surface area contributed by atoms with Crippen LogP contribution >= 0.6 is 0 Å². The van der Waals surface area contributed by atoms with E-state index in [-0.39, 0.29) is 21.7 Å². The van der Waals surface area contributed by atoms with Crippen molar-refractivity contribution in [2.75, 3.05) is 0 Å². The smallest absolute Gasteiger partial charge is 0.339 e. The molecule has 0 fully saturated rings. The van der Waals surface area contributed by atoms with E-state index in [0.717, 1.165) is 11.1 Å². The van der Waals surface area contributed by atoms with Gasteiger partial charge in [0.05, 0.1) is 16.5 Å². The molecule has 2 aromatic heterocycles.